The first-order valence-electron chi connectivity index (χ1n) is 6.94. The summed E-state index contributed by atoms with van der Waals surface area (Å²) in [7, 11) is 0. The van der Waals surface area contributed by atoms with Gasteiger partial charge in [-0.15, -0.1) is 0 Å². The number of hydrogen-bond donors (Lipinski definition) is 1. The van der Waals surface area contributed by atoms with Gasteiger partial charge in [0, 0.05) is 10.6 Å². The maximum absolute atomic E-state index is 13.8. The third-order valence-electron chi connectivity index (χ3n) is 3.31. The SMILES string of the molecule is Cc1ccc(N=C2NC(=O)C(=Cc3c(F)cccc3Cl)S2)cc1Cl. The molecule has 1 aliphatic heterocycles. The third kappa shape index (κ3) is 3.64. The first-order chi connectivity index (χ1) is 11.4. The van der Waals surface area contributed by atoms with Gasteiger partial charge in [-0.1, -0.05) is 35.3 Å². The summed E-state index contributed by atoms with van der Waals surface area (Å²) >= 11 is 13.2. The molecule has 0 bridgehead atoms. The number of amidine groups is 1. The van der Waals surface area contributed by atoms with Gasteiger partial charge in [-0.05, 0) is 54.6 Å². The largest absolute Gasteiger partial charge is 0.300 e. The summed E-state index contributed by atoms with van der Waals surface area (Å²) in [5, 5.41) is 3.88. The average molecular weight is 381 g/mol. The average Bonchev–Trinajstić information content (AvgIpc) is 2.86. The minimum absolute atomic E-state index is 0.177. The molecule has 0 radical (unpaired) electrons. The summed E-state index contributed by atoms with van der Waals surface area (Å²) in [6.45, 7) is 1.89. The Bertz CT molecular complexity index is 876. The molecule has 24 heavy (non-hydrogen) atoms. The highest BCUT2D eigenvalue weighted by molar-refractivity contribution is 8.18. The number of nitrogens with one attached hydrogen (secondary N) is 1. The molecular formula is C17H11Cl2FN2OS. The molecule has 1 amide bonds. The lowest BCUT2D eigenvalue weighted by atomic mass is 10.2. The van der Waals surface area contributed by atoms with Crippen molar-refractivity contribution < 1.29 is 9.18 Å². The monoisotopic (exact) mass is 380 g/mol. The molecule has 2 aromatic carbocycles. The van der Waals surface area contributed by atoms with Gasteiger partial charge in [-0.25, -0.2) is 9.38 Å². The van der Waals surface area contributed by atoms with Crippen LogP contribution in [0, 0.1) is 12.7 Å². The minimum Gasteiger partial charge on any atom is -0.300 e. The van der Waals surface area contributed by atoms with E-state index in [0.29, 0.717) is 20.8 Å². The molecule has 1 N–H and O–H groups in total. The molecule has 3 rings (SSSR count). The molecule has 1 saturated heterocycles. The van der Waals surface area contributed by atoms with Crippen LogP contribution >= 0.6 is 35.0 Å². The quantitative estimate of drug-likeness (QED) is 0.715. The van der Waals surface area contributed by atoms with Crippen LogP contribution in [-0.2, 0) is 4.79 Å². The fourth-order valence-corrected chi connectivity index (χ4v) is 3.24. The highest BCUT2D eigenvalue weighted by Gasteiger charge is 2.24. The van der Waals surface area contributed by atoms with Gasteiger partial charge < -0.3 is 5.32 Å². The number of nitrogens with zero attached hydrogens (tertiary/aromatic N) is 1. The van der Waals surface area contributed by atoms with E-state index in [1.54, 1.807) is 18.2 Å². The summed E-state index contributed by atoms with van der Waals surface area (Å²) in [5.74, 6) is -0.838. The van der Waals surface area contributed by atoms with Crippen molar-refractivity contribution in [3.05, 3.63) is 68.3 Å². The summed E-state index contributed by atoms with van der Waals surface area (Å²) in [6, 6.07) is 9.73. The summed E-state index contributed by atoms with van der Waals surface area (Å²) in [4.78, 5) is 16.7. The smallest absolute Gasteiger partial charge is 0.264 e. The first kappa shape index (κ1) is 17.0. The molecule has 0 spiro atoms. The van der Waals surface area contributed by atoms with Gasteiger partial charge in [0.15, 0.2) is 5.17 Å². The van der Waals surface area contributed by atoms with Crippen molar-refractivity contribution in [1.29, 1.82) is 0 Å². The second-order valence-corrected chi connectivity index (χ2v) is 6.90. The lowest BCUT2D eigenvalue weighted by Crippen LogP contribution is -2.19. The van der Waals surface area contributed by atoms with Crippen LogP contribution in [0.5, 0.6) is 0 Å². The Kier molecular flexibility index (Phi) is 4.94. The van der Waals surface area contributed by atoms with Crippen molar-refractivity contribution in [3.8, 4) is 0 Å². The zero-order valence-electron chi connectivity index (χ0n) is 12.4. The number of halogens is 3. The van der Waals surface area contributed by atoms with E-state index in [0.717, 1.165) is 17.3 Å². The Morgan fingerprint density at radius 2 is 2.00 bits per heavy atom. The first-order valence-corrected chi connectivity index (χ1v) is 8.51. The Labute approximate surface area is 152 Å². The van der Waals surface area contributed by atoms with Crippen LogP contribution in [0.25, 0.3) is 6.08 Å². The zero-order chi connectivity index (χ0) is 17.3. The number of carbonyl (C=O) groups is 1. The Hall–Kier alpha value is -1.82. The topological polar surface area (TPSA) is 41.5 Å². The summed E-state index contributed by atoms with van der Waals surface area (Å²) in [6.07, 6.45) is 1.42. The summed E-state index contributed by atoms with van der Waals surface area (Å²) < 4.78 is 13.8. The normalized spacial score (nSPS) is 17.6. The number of thioether (sulfide) groups is 1. The standard InChI is InChI=1S/C17H11Cl2FN2OS/c1-9-5-6-10(7-13(9)19)21-17-22-16(23)15(24-17)8-11-12(18)3-2-4-14(11)20/h2-8H,1H3,(H,21,22,23). The van der Waals surface area contributed by atoms with Gasteiger partial charge in [0.05, 0.1) is 15.6 Å². The Morgan fingerprint density at radius 1 is 1.21 bits per heavy atom. The Morgan fingerprint density at radius 3 is 2.71 bits per heavy atom. The van der Waals surface area contributed by atoms with Gasteiger partial charge in [0.2, 0.25) is 0 Å². The van der Waals surface area contributed by atoms with Gasteiger partial charge in [-0.3, -0.25) is 4.79 Å². The van der Waals surface area contributed by atoms with Gasteiger partial charge >= 0.3 is 0 Å². The number of benzene rings is 2. The maximum Gasteiger partial charge on any atom is 0.264 e. The number of carbonyl (C=O) groups excluding carboxylic acids is 1. The molecule has 0 aromatic heterocycles. The number of aliphatic imine (C=N–C) groups is 1. The van der Waals surface area contributed by atoms with Gasteiger partial charge in [0.1, 0.15) is 5.82 Å². The van der Waals surface area contributed by atoms with Crippen LogP contribution in [0.4, 0.5) is 10.1 Å². The van der Waals surface area contributed by atoms with E-state index in [1.807, 2.05) is 13.0 Å². The molecule has 1 fully saturated rings. The molecule has 2 aromatic rings. The van der Waals surface area contributed by atoms with Crippen LogP contribution in [0.2, 0.25) is 10.0 Å². The van der Waals surface area contributed by atoms with E-state index in [2.05, 4.69) is 10.3 Å². The van der Waals surface area contributed by atoms with E-state index in [9.17, 15) is 9.18 Å². The number of aryl methyl sites for hydroxylation is 1. The molecule has 0 unspecified atom stereocenters. The fourth-order valence-electron chi connectivity index (χ4n) is 2.03. The number of hydrogen-bond acceptors (Lipinski definition) is 3. The molecule has 0 atom stereocenters. The van der Waals surface area contributed by atoms with Crippen molar-refractivity contribution in [2.75, 3.05) is 0 Å². The third-order valence-corrected chi connectivity index (χ3v) is 4.96. The van der Waals surface area contributed by atoms with Crippen molar-refractivity contribution in [3.63, 3.8) is 0 Å². The van der Waals surface area contributed by atoms with Crippen LogP contribution in [0.3, 0.4) is 0 Å². The maximum atomic E-state index is 13.8. The van der Waals surface area contributed by atoms with E-state index in [-0.39, 0.29) is 16.5 Å². The summed E-state index contributed by atoms with van der Waals surface area (Å²) in [5.41, 5.74) is 1.74. The molecule has 122 valence electrons. The minimum atomic E-state index is -0.487. The molecule has 7 heteroatoms. The second kappa shape index (κ2) is 6.97. The predicted molar refractivity (Wildman–Crippen MR) is 98.4 cm³/mol. The lowest BCUT2D eigenvalue weighted by molar-refractivity contribution is -0.115. The molecule has 3 nitrogen and oxygen atoms in total. The molecule has 1 heterocycles. The highest BCUT2D eigenvalue weighted by Crippen LogP contribution is 2.31. The van der Waals surface area contributed by atoms with E-state index < -0.39 is 5.82 Å². The number of rotatable bonds is 2. The number of amides is 1. The Balaban J connectivity index is 1.89. The lowest BCUT2D eigenvalue weighted by Gasteiger charge is -2.00. The van der Waals surface area contributed by atoms with Crippen molar-refractivity contribution in [1.82, 2.24) is 5.32 Å². The van der Waals surface area contributed by atoms with Crippen LogP contribution in [0.1, 0.15) is 11.1 Å². The van der Waals surface area contributed by atoms with Crippen LogP contribution < -0.4 is 5.32 Å². The molecule has 1 aliphatic rings. The molecule has 0 saturated carbocycles. The fraction of sp³-hybridized carbons (Fsp3) is 0.0588. The molecular weight excluding hydrogens is 370 g/mol. The van der Waals surface area contributed by atoms with Crippen LogP contribution in [-0.4, -0.2) is 11.1 Å². The highest BCUT2D eigenvalue weighted by atomic mass is 35.5. The van der Waals surface area contributed by atoms with Crippen molar-refractivity contribution in [2.45, 2.75) is 6.92 Å². The van der Waals surface area contributed by atoms with Gasteiger partial charge in [-0.2, -0.15) is 0 Å². The second-order valence-electron chi connectivity index (χ2n) is 5.05. The van der Waals surface area contributed by atoms with Gasteiger partial charge in [0.25, 0.3) is 5.91 Å². The van der Waals surface area contributed by atoms with Crippen molar-refractivity contribution in [2.24, 2.45) is 4.99 Å². The van der Waals surface area contributed by atoms with E-state index >= 15 is 0 Å². The van der Waals surface area contributed by atoms with Crippen molar-refractivity contribution >= 4 is 57.8 Å². The van der Waals surface area contributed by atoms with E-state index in [4.69, 9.17) is 23.2 Å². The van der Waals surface area contributed by atoms with Crippen LogP contribution in [0.15, 0.2) is 46.3 Å². The zero-order valence-corrected chi connectivity index (χ0v) is 14.8. The molecule has 0 aliphatic carbocycles. The van der Waals surface area contributed by atoms with E-state index in [1.165, 1.54) is 18.2 Å². The predicted octanol–water partition coefficient (Wildman–Crippen LogP) is 5.33.